The molecule has 0 spiro atoms. The van der Waals surface area contributed by atoms with Crippen LogP contribution in [0, 0.1) is 5.41 Å². The summed E-state index contributed by atoms with van der Waals surface area (Å²) in [7, 11) is 0. The van der Waals surface area contributed by atoms with Crippen molar-refractivity contribution >= 4 is 11.8 Å². The maximum absolute atomic E-state index is 11.9. The molecule has 0 aromatic heterocycles. The monoisotopic (exact) mass is 198 g/mol. The summed E-state index contributed by atoms with van der Waals surface area (Å²) in [4.78, 5) is 24.6. The van der Waals surface area contributed by atoms with E-state index in [4.69, 9.17) is 5.73 Å². The van der Waals surface area contributed by atoms with Gasteiger partial charge in [-0.2, -0.15) is 0 Å². The molecule has 4 nitrogen and oxygen atoms in total. The quantitative estimate of drug-likeness (QED) is 0.667. The summed E-state index contributed by atoms with van der Waals surface area (Å²) >= 11 is 0. The lowest BCUT2D eigenvalue weighted by Gasteiger charge is -2.29. The number of hydrogen-bond donors (Lipinski definition) is 1. The maximum Gasteiger partial charge on any atom is 0.240 e. The third-order valence-electron chi connectivity index (χ3n) is 2.48. The molecule has 1 aliphatic rings. The molecule has 0 saturated carbocycles. The van der Waals surface area contributed by atoms with Crippen LogP contribution < -0.4 is 5.73 Å². The second-order valence-electron chi connectivity index (χ2n) is 4.81. The summed E-state index contributed by atoms with van der Waals surface area (Å²) in [5.74, 6) is -0.376. The Morgan fingerprint density at radius 1 is 1.36 bits per heavy atom. The topological polar surface area (TPSA) is 63.4 Å². The van der Waals surface area contributed by atoms with Crippen LogP contribution in [-0.4, -0.2) is 29.3 Å². The molecule has 0 unspecified atom stereocenters. The molecule has 1 saturated heterocycles. The van der Waals surface area contributed by atoms with Gasteiger partial charge in [-0.1, -0.05) is 20.8 Å². The van der Waals surface area contributed by atoms with E-state index in [2.05, 4.69) is 0 Å². The van der Waals surface area contributed by atoms with Crippen molar-refractivity contribution < 1.29 is 9.59 Å². The second-order valence-corrected chi connectivity index (χ2v) is 4.81. The molecule has 0 aromatic rings. The fourth-order valence-electron chi connectivity index (χ4n) is 1.74. The van der Waals surface area contributed by atoms with Gasteiger partial charge in [0.05, 0.1) is 0 Å². The minimum Gasteiger partial charge on any atom is -0.368 e. The van der Waals surface area contributed by atoms with E-state index >= 15 is 0 Å². The van der Waals surface area contributed by atoms with Crippen molar-refractivity contribution in [3.63, 3.8) is 0 Å². The molecule has 0 aromatic carbocycles. The smallest absolute Gasteiger partial charge is 0.240 e. The third-order valence-corrected chi connectivity index (χ3v) is 2.48. The summed E-state index contributed by atoms with van der Waals surface area (Å²) in [5.41, 5.74) is 4.80. The van der Waals surface area contributed by atoms with Crippen molar-refractivity contribution in [2.75, 3.05) is 6.54 Å². The molecule has 0 radical (unpaired) electrons. The van der Waals surface area contributed by atoms with E-state index in [-0.39, 0.29) is 17.9 Å². The van der Waals surface area contributed by atoms with E-state index < -0.39 is 5.41 Å². The molecule has 14 heavy (non-hydrogen) atoms. The second kappa shape index (κ2) is 3.59. The molecule has 1 atom stereocenters. The Labute approximate surface area is 84.4 Å². The molecular weight excluding hydrogens is 180 g/mol. The van der Waals surface area contributed by atoms with Crippen LogP contribution in [0.4, 0.5) is 0 Å². The largest absolute Gasteiger partial charge is 0.368 e. The lowest BCUT2D eigenvalue weighted by molar-refractivity contribution is -0.143. The van der Waals surface area contributed by atoms with Gasteiger partial charge in [0.25, 0.3) is 0 Å². The number of hydrogen-bond acceptors (Lipinski definition) is 2. The minimum atomic E-state index is -0.432. The van der Waals surface area contributed by atoms with Gasteiger partial charge in [0.15, 0.2) is 0 Å². The maximum atomic E-state index is 11.9. The van der Waals surface area contributed by atoms with E-state index in [1.807, 2.05) is 20.8 Å². The number of rotatable bonds is 1. The first-order valence-corrected chi connectivity index (χ1v) is 4.94. The average molecular weight is 198 g/mol. The Balaban J connectivity index is 2.77. The SMILES string of the molecule is CC(C)(C)C(=O)N1CCC[C@@H]1C(N)=O. The number of likely N-dealkylation sites (tertiary alicyclic amines) is 1. The van der Waals surface area contributed by atoms with Crippen LogP contribution in [0.5, 0.6) is 0 Å². The Morgan fingerprint density at radius 2 is 1.93 bits per heavy atom. The summed E-state index contributed by atoms with van der Waals surface area (Å²) in [6, 6.07) is -0.387. The predicted molar refractivity (Wildman–Crippen MR) is 53.4 cm³/mol. The molecule has 4 heteroatoms. The Hall–Kier alpha value is -1.06. The van der Waals surface area contributed by atoms with Crippen LogP contribution in [0.3, 0.4) is 0 Å². The van der Waals surface area contributed by atoms with Crippen LogP contribution >= 0.6 is 0 Å². The van der Waals surface area contributed by atoms with Crippen molar-refractivity contribution in [3.8, 4) is 0 Å². The fraction of sp³-hybridized carbons (Fsp3) is 0.800. The molecule has 2 N–H and O–H groups in total. The van der Waals surface area contributed by atoms with E-state index in [1.165, 1.54) is 0 Å². The Bertz CT molecular complexity index is 255. The van der Waals surface area contributed by atoms with Gasteiger partial charge in [0.1, 0.15) is 6.04 Å². The van der Waals surface area contributed by atoms with Gasteiger partial charge in [-0.3, -0.25) is 9.59 Å². The van der Waals surface area contributed by atoms with E-state index in [0.29, 0.717) is 13.0 Å². The molecular formula is C10H18N2O2. The van der Waals surface area contributed by atoms with Crippen molar-refractivity contribution in [3.05, 3.63) is 0 Å². The van der Waals surface area contributed by atoms with Crippen LogP contribution in [0.25, 0.3) is 0 Å². The summed E-state index contributed by atoms with van der Waals surface area (Å²) < 4.78 is 0. The van der Waals surface area contributed by atoms with E-state index in [1.54, 1.807) is 4.90 Å². The van der Waals surface area contributed by atoms with Gasteiger partial charge in [0, 0.05) is 12.0 Å². The van der Waals surface area contributed by atoms with Gasteiger partial charge < -0.3 is 10.6 Å². The first-order valence-electron chi connectivity index (χ1n) is 4.94. The summed E-state index contributed by atoms with van der Waals surface area (Å²) in [6.07, 6.45) is 1.58. The highest BCUT2D eigenvalue weighted by Crippen LogP contribution is 2.24. The minimum absolute atomic E-state index is 0.0128. The van der Waals surface area contributed by atoms with Gasteiger partial charge in [-0.25, -0.2) is 0 Å². The standard InChI is InChI=1S/C10H18N2O2/c1-10(2,3)9(14)12-6-4-5-7(12)8(11)13/h7H,4-6H2,1-3H3,(H2,11,13)/t7-/m1/s1. The number of nitrogens with two attached hydrogens (primary N) is 1. The van der Waals surface area contributed by atoms with Gasteiger partial charge in [0.2, 0.25) is 11.8 Å². The molecule has 0 aliphatic carbocycles. The first kappa shape index (κ1) is 11.0. The zero-order valence-electron chi connectivity index (χ0n) is 9.04. The lowest BCUT2D eigenvalue weighted by Crippen LogP contribution is -2.47. The predicted octanol–water partition coefficient (Wildman–Crippen LogP) is 0.509. The molecule has 1 rings (SSSR count). The molecule has 1 heterocycles. The number of carbonyl (C=O) groups is 2. The molecule has 2 amide bonds. The molecule has 80 valence electrons. The van der Waals surface area contributed by atoms with Crippen LogP contribution in [0.15, 0.2) is 0 Å². The highest BCUT2D eigenvalue weighted by Gasteiger charge is 2.37. The van der Waals surface area contributed by atoms with Crippen molar-refractivity contribution in [2.24, 2.45) is 11.1 Å². The Kier molecular flexibility index (Phi) is 2.83. The van der Waals surface area contributed by atoms with E-state index in [0.717, 1.165) is 6.42 Å². The average Bonchev–Trinajstić information content (AvgIpc) is 2.48. The van der Waals surface area contributed by atoms with Crippen molar-refractivity contribution in [1.82, 2.24) is 4.90 Å². The zero-order chi connectivity index (χ0) is 10.9. The molecule has 1 aliphatic heterocycles. The van der Waals surface area contributed by atoms with Gasteiger partial charge in [-0.05, 0) is 12.8 Å². The highest BCUT2D eigenvalue weighted by molar-refractivity contribution is 5.89. The fourth-order valence-corrected chi connectivity index (χ4v) is 1.74. The summed E-state index contributed by atoms with van der Waals surface area (Å²) in [5, 5.41) is 0. The normalized spacial score (nSPS) is 22.5. The lowest BCUT2D eigenvalue weighted by atomic mass is 9.94. The number of nitrogens with zero attached hydrogens (tertiary/aromatic N) is 1. The van der Waals surface area contributed by atoms with Crippen molar-refractivity contribution in [2.45, 2.75) is 39.7 Å². The van der Waals surface area contributed by atoms with E-state index in [9.17, 15) is 9.59 Å². The highest BCUT2D eigenvalue weighted by atomic mass is 16.2. The number of amides is 2. The molecule has 1 fully saturated rings. The number of carbonyl (C=O) groups excluding carboxylic acids is 2. The number of primary amides is 1. The van der Waals surface area contributed by atoms with Crippen LogP contribution in [0.2, 0.25) is 0 Å². The van der Waals surface area contributed by atoms with Crippen LogP contribution in [-0.2, 0) is 9.59 Å². The Morgan fingerprint density at radius 3 is 2.36 bits per heavy atom. The van der Waals surface area contributed by atoms with Gasteiger partial charge >= 0.3 is 0 Å². The molecule has 0 bridgehead atoms. The van der Waals surface area contributed by atoms with Crippen molar-refractivity contribution in [1.29, 1.82) is 0 Å². The first-order chi connectivity index (χ1) is 6.34. The summed E-state index contributed by atoms with van der Waals surface area (Å²) in [6.45, 7) is 6.22. The third kappa shape index (κ3) is 2.05. The van der Waals surface area contributed by atoms with Gasteiger partial charge in [-0.15, -0.1) is 0 Å². The van der Waals surface area contributed by atoms with Crippen LogP contribution in [0.1, 0.15) is 33.6 Å². The zero-order valence-corrected chi connectivity index (χ0v) is 9.04.